The number of unbranched alkanes of at least 4 members (excludes halogenated alkanes) is 2. The SMILES string of the molecule is CCCCCC(CC)C(C(=O)[O-])C(=O)c1ccncc1. The lowest BCUT2D eigenvalue weighted by Gasteiger charge is -2.26. The van der Waals surface area contributed by atoms with E-state index in [2.05, 4.69) is 11.9 Å². The van der Waals surface area contributed by atoms with Crippen molar-refractivity contribution < 1.29 is 14.7 Å². The fourth-order valence-electron chi connectivity index (χ4n) is 2.47. The number of nitrogens with zero attached hydrogens (tertiary/aromatic N) is 1. The Morgan fingerprint density at radius 1 is 1.20 bits per heavy atom. The van der Waals surface area contributed by atoms with E-state index >= 15 is 0 Å². The van der Waals surface area contributed by atoms with E-state index in [4.69, 9.17) is 0 Å². The van der Waals surface area contributed by atoms with Crippen molar-refractivity contribution in [3.05, 3.63) is 30.1 Å². The van der Waals surface area contributed by atoms with E-state index < -0.39 is 11.9 Å². The number of ketones is 1. The van der Waals surface area contributed by atoms with Gasteiger partial charge < -0.3 is 9.90 Å². The van der Waals surface area contributed by atoms with Crippen LogP contribution in [0.15, 0.2) is 24.5 Å². The molecule has 0 bridgehead atoms. The minimum atomic E-state index is -1.27. The third kappa shape index (κ3) is 4.44. The van der Waals surface area contributed by atoms with Crippen LogP contribution < -0.4 is 5.11 Å². The molecule has 1 aromatic heterocycles. The summed E-state index contributed by atoms with van der Waals surface area (Å²) < 4.78 is 0. The lowest BCUT2D eigenvalue weighted by Crippen LogP contribution is -2.41. The van der Waals surface area contributed by atoms with Crippen LogP contribution >= 0.6 is 0 Å². The van der Waals surface area contributed by atoms with Crippen LogP contribution in [-0.2, 0) is 4.79 Å². The van der Waals surface area contributed by atoms with Crippen LogP contribution in [0, 0.1) is 11.8 Å². The summed E-state index contributed by atoms with van der Waals surface area (Å²) in [6, 6.07) is 3.11. The van der Waals surface area contributed by atoms with Gasteiger partial charge in [0.1, 0.15) is 0 Å². The second-order valence-electron chi connectivity index (χ2n) is 5.06. The van der Waals surface area contributed by atoms with Crippen LogP contribution in [0.5, 0.6) is 0 Å². The van der Waals surface area contributed by atoms with Crippen molar-refractivity contribution in [1.29, 1.82) is 0 Å². The predicted octanol–water partition coefficient (Wildman–Crippen LogP) is 2.24. The van der Waals surface area contributed by atoms with Crippen LogP contribution in [0.3, 0.4) is 0 Å². The maximum absolute atomic E-state index is 12.4. The fourth-order valence-corrected chi connectivity index (χ4v) is 2.47. The van der Waals surface area contributed by atoms with E-state index in [0.717, 1.165) is 25.7 Å². The molecule has 0 saturated heterocycles. The number of carboxylic acids is 1. The highest BCUT2D eigenvalue weighted by Crippen LogP contribution is 2.25. The number of aromatic nitrogens is 1. The van der Waals surface area contributed by atoms with Gasteiger partial charge >= 0.3 is 0 Å². The van der Waals surface area contributed by atoms with Crippen molar-refractivity contribution in [1.82, 2.24) is 4.98 Å². The Labute approximate surface area is 120 Å². The lowest BCUT2D eigenvalue weighted by atomic mass is 9.81. The fraction of sp³-hybridized carbons (Fsp3) is 0.562. The Morgan fingerprint density at radius 2 is 1.85 bits per heavy atom. The van der Waals surface area contributed by atoms with Crippen molar-refractivity contribution in [2.24, 2.45) is 11.8 Å². The van der Waals surface area contributed by atoms with Gasteiger partial charge in [-0.2, -0.15) is 0 Å². The molecule has 4 heteroatoms. The monoisotopic (exact) mass is 276 g/mol. The van der Waals surface area contributed by atoms with Gasteiger partial charge in [0, 0.05) is 18.0 Å². The van der Waals surface area contributed by atoms with Crippen molar-refractivity contribution in [3.8, 4) is 0 Å². The third-order valence-electron chi connectivity index (χ3n) is 3.68. The van der Waals surface area contributed by atoms with Crippen LogP contribution in [-0.4, -0.2) is 16.7 Å². The average molecular weight is 276 g/mol. The second-order valence-corrected chi connectivity index (χ2v) is 5.06. The highest BCUT2D eigenvalue weighted by molar-refractivity contribution is 6.07. The van der Waals surface area contributed by atoms with Gasteiger partial charge in [-0.05, 0) is 24.5 Å². The molecule has 20 heavy (non-hydrogen) atoms. The largest absolute Gasteiger partial charge is 0.549 e. The van der Waals surface area contributed by atoms with Gasteiger partial charge in [-0.25, -0.2) is 0 Å². The lowest BCUT2D eigenvalue weighted by molar-refractivity contribution is -0.310. The molecule has 0 fully saturated rings. The molecule has 2 unspecified atom stereocenters. The molecule has 1 rings (SSSR count). The first-order valence-electron chi connectivity index (χ1n) is 7.26. The van der Waals surface area contributed by atoms with Crippen molar-refractivity contribution >= 4 is 11.8 Å². The van der Waals surface area contributed by atoms with Gasteiger partial charge in [-0.15, -0.1) is 0 Å². The number of Topliss-reactive ketones (excluding diaryl/α,β-unsaturated/α-hetero) is 1. The van der Waals surface area contributed by atoms with Gasteiger partial charge in [0.05, 0.1) is 11.9 Å². The number of hydrogen-bond donors (Lipinski definition) is 0. The van der Waals surface area contributed by atoms with E-state index in [-0.39, 0.29) is 11.7 Å². The van der Waals surface area contributed by atoms with Crippen molar-refractivity contribution in [2.45, 2.75) is 46.0 Å². The van der Waals surface area contributed by atoms with Crippen molar-refractivity contribution in [3.63, 3.8) is 0 Å². The number of pyridine rings is 1. The summed E-state index contributed by atoms with van der Waals surface area (Å²) >= 11 is 0. The molecule has 0 spiro atoms. The van der Waals surface area contributed by atoms with Crippen LogP contribution in [0.4, 0.5) is 0 Å². The number of rotatable bonds is 9. The summed E-state index contributed by atoms with van der Waals surface area (Å²) in [7, 11) is 0. The van der Waals surface area contributed by atoms with Gasteiger partial charge in [0.15, 0.2) is 5.78 Å². The van der Waals surface area contributed by atoms with Crippen LogP contribution in [0.25, 0.3) is 0 Å². The normalized spacial score (nSPS) is 13.7. The molecule has 0 saturated carbocycles. The molecule has 0 N–H and O–H groups in total. The molecule has 0 amide bonds. The third-order valence-corrected chi connectivity index (χ3v) is 3.68. The standard InChI is InChI=1S/C16H23NO3/c1-3-5-6-7-12(4-2)14(16(19)20)15(18)13-8-10-17-11-9-13/h8-12,14H,3-7H2,1-2H3,(H,19,20)/p-1. The summed E-state index contributed by atoms with van der Waals surface area (Å²) in [6.45, 7) is 4.02. The Bertz CT molecular complexity index is 431. The van der Waals surface area contributed by atoms with E-state index in [1.54, 1.807) is 12.1 Å². The number of hydrogen-bond acceptors (Lipinski definition) is 4. The molecule has 1 aromatic rings. The second kappa shape index (κ2) is 8.46. The number of carbonyl (C=O) groups excluding carboxylic acids is 2. The molecule has 2 atom stereocenters. The van der Waals surface area contributed by atoms with Gasteiger partial charge in [-0.3, -0.25) is 9.78 Å². The summed E-state index contributed by atoms with van der Waals surface area (Å²) in [6.07, 6.45) is 7.49. The summed E-state index contributed by atoms with van der Waals surface area (Å²) in [5, 5.41) is 11.4. The molecular formula is C16H22NO3-. The first-order valence-corrected chi connectivity index (χ1v) is 7.26. The molecule has 110 valence electrons. The Kier molecular flexibility index (Phi) is 6.91. The molecule has 1 heterocycles. The highest BCUT2D eigenvalue weighted by Gasteiger charge is 2.28. The molecule has 0 aromatic carbocycles. The first-order chi connectivity index (χ1) is 9.61. The topological polar surface area (TPSA) is 70.1 Å². The molecule has 0 radical (unpaired) electrons. The maximum atomic E-state index is 12.4. The molecule has 0 aliphatic rings. The zero-order valence-electron chi connectivity index (χ0n) is 12.2. The summed E-state index contributed by atoms with van der Waals surface area (Å²) in [5.74, 6) is -2.85. The van der Waals surface area contributed by atoms with Crippen LogP contribution in [0.1, 0.15) is 56.3 Å². The zero-order valence-corrected chi connectivity index (χ0v) is 12.2. The number of aliphatic carboxylic acids is 1. The minimum absolute atomic E-state index is 0.160. The van der Waals surface area contributed by atoms with E-state index in [1.165, 1.54) is 12.4 Å². The van der Waals surface area contributed by atoms with Crippen molar-refractivity contribution in [2.75, 3.05) is 0 Å². The zero-order chi connectivity index (χ0) is 15.0. The van der Waals surface area contributed by atoms with E-state index in [0.29, 0.717) is 12.0 Å². The minimum Gasteiger partial charge on any atom is -0.549 e. The molecule has 0 aliphatic heterocycles. The first kappa shape index (κ1) is 16.3. The summed E-state index contributed by atoms with van der Waals surface area (Å²) in [5.41, 5.74) is 0.392. The molecule has 4 nitrogen and oxygen atoms in total. The maximum Gasteiger partial charge on any atom is 0.171 e. The van der Waals surface area contributed by atoms with E-state index in [9.17, 15) is 14.7 Å². The number of carbonyl (C=O) groups is 2. The smallest absolute Gasteiger partial charge is 0.171 e. The number of carboxylic acid groups (broad SMARTS) is 1. The summed E-state index contributed by atoms with van der Waals surface area (Å²) in [4.78, 5) is 27.6. The average Bonchev–Trinajstić information content (AvgIpc) is 2.46. The van der Waals surface area contributed by atoms with Gasteiger partial charge in [-0.1, -0.05) is 39.5 Å². The Hall–Kier alpha value is -1.71. The van der Waals surface area contributed by atoms with Gasteiger partial charge in [0.2, 0.25) is 0 Å². The Morgan fingerprint density at radius 3 is 2.35 bits per heavy atom. The predicted molar refractivity (Wildman–Crippen MR) is 75.0 cm³/mol. The highest BCUT2D eigenvalue weighted by atomic mass is 16.4. The molecular weight excluding hydrogens is 254 g/mol. The quantitative estimate of drug-likeness (QED) is 0.394. The molecule has 0 aliphatic carbocycles. The Balaban J connectivity index is 2.86. The van der Waals surface area contributed by atoms with Crippen LogP contribution in [0.2, 0.25) is 0 Å². The van der Waals surface area contributed by atoms with Gasteiger partial charge in [0.25, 0.3) is 0 Å². The van der Waals surface area contributed by atoms with E-state index in [1.807, 2.05) is 6.92 Å².